The van der Waals surface area contributed by atoms with Gasteiger partial charge in [-0.05, 0) is 17.5 Å². The molecule has 0 saturated heterocycles. The number of nitro groups is 1. The highest BCUT2D eigenvalue weighted by Crippen LogP contribution is 2.25. The summed E-state index contributed by atoms with van der Waals surface area (Å²) in [5.41, 5.74) is -1.46. The average molecular weight is 315 g/mol. The summed E-state index contributed by atoms with van der Waals surface area (Å²) >= 11 is 5.66. The van der Waals surface area contributed by atoms with E-state index in [-0.39, 0.29) is 10.6 Å². The lowest BCUT2D eigenvalue weighted by molar-refractivity contribution is -0.385. The molecule has 0 fully saturated rings. The van der Waals surface area contributed by atoms with E-state index in [4.69, 9.17) is 16.7 Å². The van der Waals surface area contributed by atoms with Gasteiger partial charge in [0, 0.05) is 11.1 Å². The Hall–Kier alpha value is -2.15. The van der Waals surface area contributed by atoms with Crippen LogP contribution in [-0.2, 0) is 4.79 Å². The van der Waals surface area contributed by atoms with Crippen LogP contribution in [0, 0.1) is 15.5 Å². The predicted octanol–water partition coefficient (Wildman–Crippen LogP) is 2.48. The van der Waals surface area contributed by atoms with Crippen LogP contribution < -0.4 is 5.32 Å². The molecule has 0 heterocycles. The quantitative estimate of drug-likeness (QED) is 0.655. The van der Waals surface area contributed by atoms with Crippen molar-refractivity contribution >= 4 is 29.2 Å². The SMILES string of the molecule is CC(C)(C)[C@@H](NC(=O)c1ccc(Cl)cc1[N+](=O)[O-])C(=O)O. The summed E-state index contributed by atoms with van der Waals surface area (Å²) < 4.78 is 0. The molecule has 21 heavy (non-hydrogen) atoms. The number of aliphatic carboxylic acids is 1. The Bertz CT molecular complexity index is 595. The van der Waals surface area contributed by atoms with Crippen molar-refractivity contribution in [2.75, 3.05) is 0 Å². The second kappa shape index (κ2) is 6.09. The number of carbonyl (C=O) groups is 2. The van der Waals surface area contributed by atoms with Crippen LogP contribution in [0.4, 0.5) is 5.69 Å². The molecule has 0 spiro atoms. The number of carbonyl (C=O) groups excluding carboxylic acids is 1. The van der Waals surface area contributed by atoms with Gasteiger partial charge >= 0.3 is 5.97 Å². The third-order valence-electron chi connectivity index (χ3n) is 2.79. The Labute approximate surface area is 126 Å². The maximum atomic E-state index is 12.1. The highest BCUT2D eigenvalue weighted by Gasteiger charge is 2.34. The molecule has 1 rings (SSSR count). The van der Waals surface area contributed by atoms with E-state index in [0.717, 1.165) is 6.07 Å². The maximum absolute atomic E-state index is 12.1. The summed E-state index contributed by atoms with van der Waals surface area (Å²) in [4.78, 5) is 33.5. The van der Waals surface area contributed by atoms with Gasteiger partial charge in [-0.2, -0.15) is 0 Å². The van der Waals surface area contributed by atoms with Gasteiger partial charge in [0.2, 0.25) is 0 Å². The van der Waals surface area contributed by atoms with E-state index < -0.39 is 33.9 Å². The molecule has 0 bridgehead atoms. The Morgan fingerprint density at radius 1 is 1.38 bits per heavy atom. The minimum absolute atomic E-state index is 0.115. The minimum atomic E-state index is -1.22. The zero-order valence-corrected chi connectivity index (χ0v) is 12.5. The number of amides is 1. The molecule has 0 aliphatic carbocycles. The van der Waals surface area contributed by atoms with Gasteiger partial charge in [0.1, 0.15) is 11.6 Å². The zero-order valence-electron chi connectivity index (χ0n) is 11.7. The molecule has 0 unspecified atom stereocenters. The third-order valence-corrected chi connectivity index (χ3v) is 3.02. The van der Waals surface area contributed by atoms with E-state index in [9.17, 15) is 19.7 Å². The summed E-state index contributed by atoms with van der Waals surface area (Å²) in [6.07, 6.45) is 0. The Kier molecular flexibility index (Phi) is 4.90. The lowest BCUT2D eigenvalue weighted by Gasteiger charge is -2.27. The molecule has 0 aliphatic rings. The number of nitrogens with one attached hydrogen (secondary N) is 1. The number of benzene rings is 1. The molecular formula is C13H15ClN2O5. The molecule has 1 aromatic rings. The van der Waals surface area contributed by atoms with Crippen molar-refractivity contribution in [3.05, 3.63) is 38.9 Å². The van der Waals surface area contributed by atoms with Crippen LogP contribution in [0.5, 0.6) is 0 Å². The van der Waals surface area contributed by atoms with Gasteiger partial charge in [-0.3, -0.25) is 14.9 Å². The smallest absolute Gasteiger partial charge is 0.326 e. The largest absolute Gasteiger partial charge is 0.480 e. The van der Waals surface area contributed by atoms with Gasteiger partial charge in [-0.1, -0.05) is 32.4 Å². The van der Waals surface area contributed by atoms with Crippen molar-refractivity contribution in [1.29, 1.82) is 0 Å². The molecule has 1 aromatic carbocycles. The van der Waals surface area contributed by atoms with Crippen molar-refractivity contribution in [2.45, 2.75) is 26.8 Å². The molecule has 0 aromatic heterocycles. The molecule has 1 amide bonds. The fourth-order valence-electron chi connectivity index (χ4n) is 1.71. The normalized spacial score (nSPS) is 12.6. The maximum Gasteiger partial charge on any atom is 0.326 e. The molecular weight excluding hydrogens is 300 g/mol. The van der Waals surface area contributed by atoms with Gasteiger partial charge < -0.3 is 10.4 Å². The highest BCUT2D eigenvalue weighted by atomic mass is 35.5. The lowest BCUT2D eigenvalue weighted by Crippen LogP contribution is -2.49. The second-order valence-corrected chi connectivity index (χ2v) is 5.97. The van der Waals surface area contributed by atoms with Gasteiger partial charge in [-0.15, -0.1) is 0 Å². The fraction of sp³-hybridized carbons (Fsp3) is 0.385. The highest BCUT2D eigenvalue weighted by molar-refractivity contribution is 6.31. The van der Waals surface area contributed by atoms with E-state index in [1.54, 1.807) is 20.8 Å². The second-order valence-electron chi connectivity index (χ2n) is 5.53. The number of carboxylic acid groups (broad SMARTS) is 1. The first-order valence-electron chi connectivity index (χ1n) is 6.01. The van der Waals surface area contributed by atoms with E-state index >= 15 is 0 Å². The van der Waals surface area contributed by atoms with Crippen LogP contribution in [-0.4, -0.2) is 27.9 Å². The zero-order chi connectivity index (χ0) is 16.4. The summed E-state index contributed by atoms with van der Waals surface area (Å²) in [6, 6.07) is 2.39. The topological polar surface area (TPSA) is 110 Å². The molecule has 8 heteroatoms. The number of hydrogen-bond donors (Lipinski definition) is 2. The van der Waals surface area contributed by atoms with Crippen molar-refractivity contribution in [3.8, 4) is 0 Å². The number of hydrogen-bond acceptors (Lipinski definition) is 4. The van der Waals surface area contributed by atoms with Crippen molar-refractivity contribution < 1.29 is 19.6 Å². The number of carboxylic acids is 1. The van der Waals surface area contributed by atoms with E-state index in [2.05, 4.69) is 5.32 Å². The van der Waals surface area contributed by atoms with Crippen LogP contribution in [0.2, 0.25) is 5.02 Å². The Morgan fingerprint density at radius 2 is 1.95 bits per heavy atom. The van der Waals surface area contributed by atoms with Gasteiger partial charge in [0.15, 0.2) is 0 Å². The predicted molar refractivity (Wildman–Crippen MR) is 76.5 cm³/mol. The Balaban J connectivity index is 3.15. The summed E-state index contributed by atoms with van der Waals surface area (Å²) in [7, 11) is 0. The van der Waals surface area contributed by atoms with Gasteiger partial charge in [-0.25, -0.2) is 4.79 Å². The molecule has 7 nitrogen and oxygen atoms in total. The monoisotopic (exact) mass is 314 g/mol. The first-order chi connectivity index (χ1) is 9.54. The van der Waals surface area contributed by atoms with E-state index in [1.165, 1.54) is 12.1 Å². The van der Waals surface area contributed by atoms with Gasteiger partial charge in [0.05, 0.1) is 4.92 Å². The number of nitrogens with zero attached hydrogens (tertiary/aromatic N) is 1. The number of halogens is 1. The third kappa shape index (κ3) is 4.16. The summed E-state index contributed by atoms with van der Waals surface area (Å²) in [5.74, 6) is -2.05. The first kappa shape index (κ1) is 16.9. The molecule has 114 valence electrons. The average Bonchev–Trinajstić information content (AvgIpc) is 2.33. The van der Waals surface area contributed by atoms with Crippen molar-refractivity contribution in [3.63, 3.8) is 0 Å². The lowest BCUT2D eigenvalue weighted by atomic mass is 9.86. The van der Waals surface area contributed by atoms with E-state index in [1.807, 2.05) is 0 Å². The minimum Gasteiger partial charge on any atom is -0.480 e. The molecule has 2 N–H and O–H groups in total. The van der Waals surface area contributed by atoms with Crippen molar-refractivity contribution in [2.24, 2.45) is 5.41 Å². The van der Waals surface area contributed by atoms with Crippen molar-refractivity contribution in [1.82, 2.24) is 5.32 Å². The van der Waals surface area contributed by atoms with Crippen LogP contribution in [0.25, 0.3) is 0 Å². The summed E-state index contributed by atoms with van der Waals surface area (Å²) in [5, 5.41) is 22.5. The first-order valence-corrected chi connectivity index (χ1v) is 6.39. The van der Waals surface area contributed by atoms with Crippen LogP contribution in [0.1, 0.15) is 31.1 Å². The standard InChI is InChI=1S/C13H15ClN2O5/c1-13(2,3)10(12(18)19)15-11(17)8-5-4-7(14)6-9(8)16(20)21/h4-6,10H,1-3H3,(H,15,17)(H,18,19)/t10-/m0/s1. The van der Waals surface area contributed by atoms with Crippen LogP contribution in [0.3, 0.4) is 0 Å². The number of rotatable bonds is 4. The van der Waals surface area contributed by atoms with Crippen LogP contribution >= 0.6 is 11.6 Å². The summed E-state index contributed by atoms with van der Waals surface area (Å²) in [6.45, 7) is 4.92. The van der Waals surface area contributed by atoms with Gasteiger partial charge in [0.25, 0.3) is 11.6 Å². The molecule has 1 atom stereocenters. The fourth-order valence-corrected chi connectivity index (χ4v) is 1.87. The van der Waals surface area contributed by atoms with E-state index in [0.29, 0.717) is 0 Å². The molecule has 0 saturated carbocycles. The number of nitro benzene ring substituents is 1. The van der Waals surface area contributed by atoms with Crippen LogP contribution in [0.15, 0.2) is 18.2 Å². The Morgan fingerprint density at radius 3 is 2.38 bits per heavy atom. The molecule has 0 radical (unpaired) electrons. The molecule has 0 aliphatic heterocycles.